The van der Waals surface area contributed by atoms with Crippen LogP contribution in [0.15, 0.2) is 66.7 Å². The minimum Gasteiger partial charge on any atom is -0.450 e. The third-order valence-electron chi connectivity index (χ3n) is 6.16. The molecule has 0 aliphatic heterocycles. The van der Waals surface area contributed by atoms with Gasteiger partial charge in [0, 0.05) is 19.4 Å². The zero-order valence-corrected chi connectivity index (χ0v) is 24.3. The number of nitrogens with one attached hydrogen (secondary N) is 3. The monoisotopic (exact) mass is 589 g/mol. The average Bonchev–Trinajstić information content (AvgIpc) is 3.42. The van der Waals surface area contributed by atoms with E-state index in [0.717, 1.165) is 53.1 Å². The number of nitrogens with zero attached hydrogens (tertiary/aromatic N) is 4. The maximum atomic E-state index is 12.2. The average molecular weight is 590 g/mol. The van der Waals surface area contributed by atoms with Crippen LogP contribution in [0.3, 0.4) is 0 Å². The van der Waals surface area contributed by atoms with Gasteiger partial charge in [0.2, 0.25) is 11.0 Å². The molecular weight excluding hydrogens is 554 g/mol. The molecule has 12 heteroatoms. The van der Waals surface area contributed by atoms with E-state index in [2.05, 4.69) is 36.3 Å². The van der Waals surface area contributed by atoms with Gasteiger partial charge in [-0.2, -0.15) is 5.10 Å². The number of aryl methyl sites for hydroxylation is 2. The van der Waals surface area contributed by atoms with Crippen LogP contribution in [-0.2, 0) is 41.8 Å². The number of aromatic nitrogens is 4. The summed E-state index contributed by atoms with van der Waals surface area (Å²) >= 11 is 1.40. The predicted molar refractivity (Wildman–Crippen MR) is 161 cm³/mol. The maximum Gasteiger partial charge on any atom is 0.407 e. The van der Waals surface area contributed by atoms with Crippen molar-refractivity contribution >= 4 is 34.3 Å². The third kappa shape index (κ3) is 10.5. The fourth-order valence-electron chi connectivity index (χ4n) is 4.17. The van der Waals surface area contributed by atoms with Crippen LogP contribution in [0.4, 0.5) is 15.7 Å². The summed E-state index contributed by atoms with van der Waals surface area (Å²) < 4.78 is 4.88. The molecule has 0 bridgehead atoms. The number of carbonyl (C=O) groups excluding carboxylic acids is 2. The summed E-state index contributed by atoms with van der Waals surface area (Å²) in [6.45, 7) is 2.42. The molecule has 0 fully saturated rings. The molecule has 2 amide bonds. The third-order valence-corrected chi connectivity index (χ3v) is 7.06. The van der Waals surface area contributed by atoms with Gasteiger partial charge in [-0.3, -0.25) is 4.79 Å². The number of aliphatic hydroxyl groups is 1. The number of ether oxygens (including phenoxy) is 1. The molecule has 0 aliphatic carbocycles. The lowest BCUT2D eigenvalue weighted by molar-refractivity contribution is -0.115. The predicted octanol–water partition coefficient (Wildman–Crippen LogP) is 4.29. The molecular formula is C30H35N7O4S. The van der Waals surface area contributed by atoms with Crippen LogP contribution in [0.2, 0.25) is 0 Å². The fourth-order valence-corrected chi connectivity index (χ4v) is 4.97. The molecule has 4 aromatic rings. The molecule has 2 heterocycles. The Morgan fingerprint density at radius 3 is 2.48 bits per heavy atom. The SMILES string of the molecule is CCOC(=O)NCc1cccc(CC(O)Nc2ccc(CCCCc3nnc(NC(=O)Cc4ccccc4)s3)nn2)c1. The first-order valence-corrected chi connectivity index (χ1v) is 14.7. The normalized spacial score (nSPS) is 11.5. The molecule has 0 aliphatic rings. The number of benzene rings is 2. The highest BCUT2D eigenvalue weighted by Gasteiger charge is 2.11. The van der Waals surface area contributed by atoms with Crippen LogP contribution in [0.1, 0.15) is 47.2 Å². The molecule has 42 heavy (non-hydrogen) atoms. The van der Waals surface area contributed by atoms with Crippen molar-refractivity contribution in [1.29, 1.82) is 0 Å². The number of anilines is 2. The molecule has 11 nitrogen and oxygen atoms in total. The summed E-state index contributed by atoms with van der Waals surface area (Å²) in [4.78, 5) is 23.7. The van der Waals surface area contributed by atoms with Crippen LogP contribution in [0.5, 0.6) is 0 Å². The Kier molecular flexibility index (Phi) is 11.7. The second kappa shape index (κ2) is 16.1. The summed E-state index contributed by atoms with van der Waals surface area (Å²) in [5.41, 5.74) is 3.64. The number of carbonyl (C=O) groups is 2. The molecule has 4 rings (SSSR count). The van der Waals surface area contributed by atoms with E-state index in [1.165, 1.54) is 11.3 Å². The van der Waals surface area contributed by atoms with Gasteiger partial charge < -0.3 is 25.8 Å². The van der Waals surface area contributed by atoms with Gasteiger partial charge in [0.1, 0.15) is 11.2 Å². The number of unbranched alkanes of at least 4 members (excludes halogenated alkanes) is 1. The van der Waals surface area contributed by atoms with Crippen molar-refractivity contribution in [1.82, 2.24) is 25.7 Å². The van der Waals surface area contributed by atoms with Crippen molar-refractivity contribution in [3.05, 3.63) is 94.1 Å². The van der Waals surface area contributed by atoms with E-state index in [1.807, 2.05) is 60.7 Å². The Bertz CT molecular complexity index is 1420. The number of hydrogen-bond acceptors (Lipinski definition) is 10. The van der Waals surface area contributed by atoms with Gasteiger partial charge in [-0.15, -0.1) is 15.3 Å². The van der Waals surface area contributed by atoms with Crippen molar-refractivity contribution < 1.29 is 19.4 Å². The number of hydrogen-bond donors (Lipinski definition) is 4. The zero-order valence-electron chi connectivity index (χ0n) is 23.5. The minimum atomic E-state index is -0.849. The molecule has 0 radical (unpaired) electrons. The van der Waals surface area contributed by atoms with E-state index in [0.29, 0.717) is 36.9 Å². The number of rotatable bonds is 15. The van der Waals surface area contributed by atoms with Crippen molar-refractivity contribution in [2.45, 2.75) is 58.2 Å². The Morgan fingerprint density at radius 2 is 1.69 bits per heavy atom. The highest BCUT2D eigenvalue weighted by molar-refractivity contribution is 7.15. The first-order valence-electron chi connectivity index (χ1n) is 13.9. The van der Waals surface area contributed by atoms with Gasteiger partial charge in [-0.25, -0.2) is 4.79 Å². The van der Waals surface area contributed by atoms with E-state index < -0.39 is 12.3 Å². The number of amides is 2. The van der Waals surface area contributed by atoms with Crippen LogP contribution in [-0.4, -0.2) is 50.3 Å². The highest BCUT2D eigenvalue weighted by atomic mass is 32.1. The highest BCUT2D eigenvalue weighted by Crippen LogP contribution is 2.18. The summed E-state index contributed by atoms with van der Waals surface area (Å²) in [5, 5.41) is 37.1. The van der Waals surface area contributed by atoms with Crippen LogP contribution >= 0.6 is 11.3 Å². The fraction of sp³-hybridized carbons (Fsp3) is 0.333. The molecule has 0 saturated heterocycles. The summed E-state index contributed by atoms with van der Waals surface area (Å²) in [5.74, 6) is 0.379. The van der Waals surface area contributed by atoms with Crippen LogP contribution in [0, 0.1) is 0 Å². The lowest BCUT2D eigenvalue weighted by atomic mass is 10.1. The van der Waals surface area contributed by atoms with Crippen molar-refractivity contribution in [3.63, 3.8) is 0 Å². The Balaban J connectivity index is 1.14. The van der Waals surface area contributed by atoms with E-state index >= 15 is 0 Å². The zero-order chi connectivity index (χ0) is 29.6. The van der Waals surface area contributed by atoms with Gasteiger partial charge in [-0.05, 0) is 55.0 Å². The first-order chi connectivity index (χ1) is 20.5. The molecule has 1 unspecified atom stereocenters. The maximum absolute atomic E-state index is 12.2. The Hall–Kier alpha value is -4.42. The summed E-state index contributed by atoms with van der Waals surface area (Å²) in [6.07, 6.45) is 2.70. The van der Waals surface area contributed by atoms with Gasteiger partial charge in [0.15, 0.2) is 5.82 Å². The number of alkyl carbamates (subject to hydrolysis) is 1. The molecule has 0 saturated carbocycles. The number of aliphatic hydroxyl groups excluding tert-OH is 1. The molecule has 220 valence electrons. The standard InChI is InChI=1S/C30H35N7O4S/c1-2-41-30(40)31-20-23-12-8-11-22(17-23)19-26(38)32-25-16-15-24(34-35-25)13-6-7-14-28-36-37-29(42-28)33-27(39)18-21-9-4-3-5-10-21/h3-5,8-12,15-17,26,38H,2,6-7,13-14,18-20H2,1H3,(H,31,40)(H,32,35)(H,33,37,39). The van der Waals surface area contributed by atoms with Crippen molar-refractivity contribution in [3.8, 4) is 0 Å². The van der Waals surface area contributed by atoms with Crippen LogP contribution < -0.4 is 16.0 Å². The van der Waals surface area contributed by atoms with E-state index in [-0.39, 0.29) is 5.91 Å². The Morgan fingerprint density at radius 1 is 0.905 bits per heavy atom. The largest absolute Gasteiger partial charge is 0.450 e. The van der Waals surface area contributed by atoms with E-state index in [4.69, 9.17) is 4.74 Å². The van der Waals surface area contributed by atoms with Gasteiger partial charge in [0.05, 0.1) is 18.7 Å². The molecule has 1 atom stereocenters. The second-order valence-electron chi connectivity index (χ2n) is 9.59. The summed E-state index contributed by atoms with van der Waals surface area (Å²) in [6, 6.07) is 20.9. The quantitative estimate of drug-likeness (QED) is 0.118. The lowest BCUT2D eigenvalue weighted by Crippen LogP contribution is -2.24. The van der Waals surface area contributed by atoms with Gasteiger partial charge in [-0.1, -0.05) is 65.9 Å². The molecule has 4 N–H and O–H groups in total. The molecule has 0 spiro atoms. The molecule has 2 aromatic carbocycles. The van der Waals surface area contributed by atoms with Crippen LogP contribution in [0.25, 0.3) is 0 Å². The Labute approximate surface area is 248 Å². The lowest BCUT2D eigenvalue weighted by Gasteiger charge is -2.14. The van der Waals surface area contributed by atoms with E-state index in [1.54, 1.807) is 13.0 Å². The minimum absolute atomic E-state index is 0.109. The smallest absolute Gasteiger partial charge is 0.407 e. The summed E-state index contributed by atoms with van der Waals surface area (Å²) in [7, 11) is 0. The molecule has 2 aromatic heterocycles. The van der Waals surface area contributed by atoms with Gasteiger partial charge >= 0.3 is 6.09 Å². The van der Waals surface area contributed by atoms with Crippen molar-refractivity contribution in [2.75, 3.05) is 17.2 Å². The van der Waals surface area contributed by atoms with Crippen molar-refractivity contribution in [2.24, 2.45) is 0 Å². The van der Waals surface area contributed by atoms with Gasteiger partial charge in [0.25, 0.3) is 0 Å². The van der Waals surface area contributed by atoms with E-state index in [9.17, 15) is 14.7 Å². The first kappa shape index (κ1) is 30.5. The topological polar surface area (TPSA) is 151 Å². The second-order valence-corrected chi connectivity index (χ2v) is 10.6.